The van der Waals surface area contributed by atoms with Gasteiger partial charge in [0.15, 0.2) is 0 Å². The molecule has 0 radical (unpaired) electrons. The summed E-state index contributed by atoms with van der Waals surface area (Å²) in [6.45, 7) is 3.37. The third-order valence-electron chi connectivity index (χ3n) is 5.13. The van der Waals surface area contributed by atoms with Gasteiger partial charge in [0.2, 0.25) is 11.8 Å². The second-order valence-electron chi connectivity index (χ2n) is 7.50. The molecule has 1 aliphatic rings. The van der Waals surface area contributed by atoms with Gasteiger partial charge >= 0.3 is 0 Å². The standard InChI is InChI=1S/C25H21N7OS2/c26-17-22-27-11-9-23(30-22)34-20-5-7-21(8-6-20)35-24-10-12-28-25(31-24)29-18-1-3-19(4-2-18)32-13-15-33-16-14-32/h1-12H,13-16H2,(H,28,29,31). The molecule has 174 valence electrons. The van der Waals surface area contributed by atoms with Crippen LogP contribution in [0.1, 0.15) is 5.82 Å². The molecule has 0 saturated carbocycles. The number of hydrogen-bond donors (Lipinski definition) is 1. The minimum absolute atomic E-state index is 0.170. The first-order valence-corrected chi connectivity index (χ1v) is 12.6. The number of rotatable bonds is 7. The lowest BCUT2D eigenvalue weighted by atomic mass is 10.2. The molecule has 8 nitrogen and oxygen atoms in total. The van der Waals surface area contributed by atoms with E-state index >= 15 is 0 Å². The first kappa shape index (κ1) is 23.1. The summed E-state index contributed by atoms with van der Waals surface area (Å²) in [6.07, 6.45) is 3.35. The zero-order valence-corrected chi connectivity index (χ0v) is 20.3. The topological polar surface area (TPSA) is 99.9 Å². The Hall–Kier alpha value is -3.65. The van der Waals surface area contributed by atoms with Crippen LogP contribution in [-0.4, -0.2) is 46.2 Å². The number of aromatic nitrogens is 4. The van der Waals surface area contributed by atoms with E-state index < -0.39 is 0 Å². The summed E-state index contributed by atoms with van der Waals surface area (Å²) in [5.41, 5.74) is 2.13. The van der Waals surface area contributed by atoms with Gasteiger partial charge in [-0.05, 0) is 60.7 Å². The van der Waals surface area contributed by atoms with Gasteiger partial charge in [0.1, 0.15) is 16.1 Å². The molecule has 1 fully saturated rings. The van der Waals surface area contributed by atoms with Gasteiger partial charge in [-0.1, -0.05) is 23.5 Å². The van der Waals surface area contributed by atoms with E-state index in [1.165, 1.54) is 17.4 Å². The van der Waals surface area contributed by atoms with E-state index in [-0.39, 0.29) is 5.82 Å². The summed E-state index contributed by atoms with van der Waals surface area (Å²) >= 11 is 3.06. The molecule has 0 aliphatic carbocycles. The minimum atomic E-state index is 0.170. The van der Waals surface area contributed by atoms with Crippen molar-refractivity contribution in [1.82, 2.24) is 19.9 Å². The number of anilines is 3. The molecule has 0 bridgehead atoms. The normalized spacial score (nSPS) is 13.3. The number of hydrogen-bond acceptors (Lipinski definition) is 10. The highest BCUT2D eigenvalue weighted by Crippen LogP contribution is 2.31. The van der Waals surface area contributed by atoms with Crippen LogP contribution in [-0.2, 0) is 4.74 Å². The van der Waals surface area contributed by atoms with E-state index in [9.17, 15) is 0 Å². The number of benzene rings is 2. The van der Waals surface area contributed by atoms with E-state index in [1.54, 1.807) is 30.2 Å². The van der Waals surface area contributed by atoms with E-state index in [4.69, 9.17) is 10.00 Å². The van der Waals surface area contributed by atoms with Gasteiger partial charge in [-0.2, -0.15) is 5.26 Å². The van der Waals surface area contributed by atoms with Crippen molar-refractivity contribution in [2.75, 3.05) is 36.5 Å². The van der Waals surface area contributed by atoms with Crippen molar-refractivity contribution < 1.29 is 4.74 Å². The Balaban J connectivity index is 1.20. The molecule has 0 amide bonds. The third kappa shape index (κ3) is 6.27. The van der Waals surface area contributed by atoms with Crippen molar-refractivity contribution in [3.63, 3.8) is 0 Å². The number of morpholine rings is 1. The maximum atomic E-state index is 8.96. The molecular weight excluding hydrogens is 478 g/mol. The molecule has 2 aromatic carbocycles. The minimum Gasteiger partial charge on any atom is -0.378 e. The molecular formula is C25H21N7OS2. The van der Waals surface area contributed by atoms with E-state index in [2.05, 4.69) is 42.3 Å². The zero-order valence-electron chi connectivity index (χ0n) is 18.7. The first-order chi connectivity index (χ1) is 17.2. The predicted octanol–water partition coefficient (Wildman–Crippen LogP) is 5.02. The van der Waals surface area contributed by atoms with Crippen LogP contribution < -0.4 is 10.2 Å². The monoisotopic (exact) mass is 499 g/mol. The fourth-order valence-electron chi connectivity index (χ4n) is 3.44. The van der Waals surface area contributed by atoms with Crippen LogP contribution >= 0.6 is 23.5 Å². The molecule has 2 aromatic heterocycles. The summed E-state index contributed by atoms with van der Waals surface area (Å²) in [7, 11) is 0. The molecule has 0 spiro atoms. The van der Waals surface area contributed by atoms with E-state index in [0.717, 1.165) is 51.8 Å². The average Bonchev–Trinajstić information content (AvgIpc) is 2.91. The third-order valence-corrected chi connectivity index (χ3v) is 7.02. The Bertz CT molecular complexity index is 1320. The summed E-state index contributed by atoms with van der Waals surface area (Å²) in [5.74, 6) is 0.724. The van der Waals surface area contributed by atoms with Crippen molar-refractivity contribution in [3.05, 3.63) is 78.9 Å². The number of nitrogens with one attached hydrogen (secondary N) is 1. The van der Waals surface area contributed by atoms with Gasteiger partial charge in [0.05, 0.1) is 13.2 Å². The Kier molecular flexibility index (Phi) is 7.38. The Morgan fingerprint density at radius 1 is 0.800 bits per heavy atom. The summed E-state index contributed by atoms with van der Waals surface area (Å²) in [6, 6.07) is 22.1. The highest BCUT2D eigenvalue weighted by molar-refractivity contribution is 7.99. The molecule has 5 rings (SSSR count). The molecule has 10 heteroatoms. The first-order valence-electron chi connectivity index (χ1n) is 11.0. The van der Waals surface area contributed by atoms with Gasteiger partial charge < -0.3 is 15.0 Å². The van der Waals surface area contributed by atoms with Crippen LogP contribution in [0, 0.1) is 11.3 Å². The second kappa shape index (κ2) is 11.2. The summed E-state index contributed by atoms with van der Waals surface area (Å²) < 4.78 is 5.43. The quantitative estimate of drug-likeness (QED) is 0.349. The van der Waals surface area contributed by atoms with Crippen LogP contribution in [0.5, 0.6) is 0 Å². The largest absolute Gasteiger partial charge is 0.378 e. The highest BCUT2D eigenvalue weighted by Gasteiger charge is 2.11. The highest BCUT2D eigenvalue weighted by atomic mass is 32.2. The summed E-state index contributed by atoms with van der Waals surface area (Å²) in [4.78, 5) is 21.5. The van der Waals surface area contributed by atoms with Crippen LogP contribution in [0.2, 0.25) is 0 Å². The van der Waals surface area contributed by atoms with E-state index in [1.807, 2.05) is 48.5 Å². The number of ether oxygens (including phenoxy) is 1. The summed E-state index contributed by atoms with van der Waals surface area (Å²) in [5, 5.41) is 13.8. The van der Waals surface area contributed by atoms with Crippen LogP contribution in [0.3, 0.4) is 0 Å². The van der Waals surface area contributed by atoms with Crippen molar-refractivity contribution >= 4 is 40.8 Å². The molecule has 3 heterocycles. The Morgan fingerprint density at radius 2 is 1.43 bits per heavy atom. The van der Waals surface area contributed by atoms with Gasteiger partial charge in [-0.15, -0.1) is 0 Å². The van der Waals surface area contributed by atoms with Crippen molar-refractivity contribution in [2.45, 2.75) is 19.8 Å². The number of nitriles is 1. The van der Waals surface area contributed by atoms with Gasteiger partial charge in [0.25, 0.3) is 0 Å². The number of nitrogens with zero attached hydrogens (tertiary/aromatic N) is 6. The smallest absolute Gasteiger partial charge is 0.233 e. The van der Waals surface area contributed by atoms with Crippen LogP contribution in [0.25, 0.3) is 0 Å². The fourth-order valence-corrected chi connectivity index (χ4v) is 4.98. The maximum absolute atomic E-state index is 8.96. The Labute approximate surface area is 211 Å². The molecule has 0 atom stereocenters. The average molecular weight is 500 g/mol. The lowest BCUT2D eigenvalue weighted by molar-refractivity contribution is 0.122. The van der Waals surface area contributed by atoms with Crippen molar-refractivity contribution in [3.8, 4) is 6.07 Å². The molecule has 1 aliphatic heterocycles. The van der Waals surface area contributed by atoms with Crippen LogP contribution in [0.15, 0.2) is 92.9 Å². The maximum Gasteiger partial charge on any atom is 0.233 e. The van der Waals surface area contributed by atoms with Gasteiger partial charge in [-0.25, -0.2) is 19.9 Å². The van der Waals surface area contributed by atoms with Gasteiger partial charge in [-0.3, -0.25) is 0 Å². The molecule has 1 saturated heterocycles. The lowest BCUT2D eigenvalue weighted by Crippen LogP contribution is -2.36. The lowest BCUT2D eigenvalue weighted by Gasteiger charge is -2.28. The second-order valence-corrected chi connectivity index (χ2v) is 9.68. The molecule has 4 aromatic rings. The Morgan fingerprint density at radius 3 is 2.09 bits per heavy atom. The van der Waals surface area contributed by atoms with Crippen LogP contribution in [0.4, 0.5) is 17.3 Å². The fraction of sp³-hybridized carbons (Fsp3) is 0.160. The van der Waals surface area contributed by atoms with E-state index in [0.29, 0.717) is 5.95 Å². The van der Waals surface area contributed by atoms with Gasteiger partial charge in [0, 0.05) is 46.6 Å². The van der Waals surface area contributed by atoms with Crippen molar-refractivity contribution in [1.29, 1.82) is 5.26 Å². The molecule has 1 N–H and O–H groups in total. The van der Waals surface area contributed by atoms with Crippen molar-refractivity contribution in [2.24, 2.45) is 0 Å². The molecule has 0 unspecified atom stereocenters. The zero-order chi connectivity index (χ0) is 23.9. The predicted molar refractivity (Wildman–Crippen MR) is 136 cm³/mol. The molecule has 35 heavy (non-hydrogen) atoms. The SMILES string of the molecule is N#Cc1nccc(Sc2ccc(Sc3ccnc(Nc4ccc(N5CCOCC5)cc4)n3)cc2)n1.